The van der Waals surface area contributed by atoms with Crippen molar-refractivity contribution in [2.75, 3.05) is 0 Å². The Morgan fingerprint density at radius 2 is 2.14 bits per heavy atom. The van der Waals surface area contributed by atoms with Crippen LogP contribution in [-0.2, 0) is 12.7 Å². The summed E-state index contributed by atoms with van der Waals surface area (Å²) in [6.07, 6.45) is -3.61. The maximum Gasteiger partial charge on any atom is 0.442 e. The van der Waals surface area contributed by atoms with Gasteiger partial charge in [0.05, 0.1) is 11.5 Å². The summed E-state index contributed by atoms with van der Waals surface area (Å²) in [4.78, 5) is 13.5. The Bertz CT molecular complexity index is 759. The number of nitro groups is 1. The highest BCUT2D eigenvalue weighted by molar-refractivity contribution is 5.42. The molecule has 0 N–H and O–H groups in total. The lowest BCUT2D eigenvalue weighted by atomic mass is 10.2. The number of pyridine rings is 1. The molecule has 0 radical (unpaired) electrons. The van der Waals surface area contributed by atoms with E-state index in [0.717, 1.165) is 4.68 Å². The van der Waals surface area contributed by atoms with Crippen LogP contribution in [-0.4, -0.2) is 19.7 Å². The van der Waals surface area contributed by atoms with Gasteiger partial charge in [-0.25, -0.2) is 4.98 Å². The Labute approximate surface area is 121 Å². The van der Waals surface area contributed by atoms with Gasteiger partial charge >= 0.3 is 11.9 Å². The van der Waals surface area contributed by atoms with E-state index in [0.29, 0.717) is 5.56 Å². The number of nitrogens with zero attached hydrogens (tertiary/aromatic N) is 5. The number of halogens is 3. The molecule has 0 bridgehead atoms. The van der Waals surface area contributed by atoms with E-state index in [4.69, 9.17) is 5.26 Å². The number of hydrogen-bond donors (Lipinski definition) is 0. The van der Waals surface area contributed by atoms with Gasteiger partial charge < -0.3 is 0 Å². The van der Waals surface area contributed by atoms with Crippen molar-refractivity contribution in [3.8, 4) is 6.07 Å². The molecule has 22 heavy (non-hydrogen) atoms. The first-order valence-electron chi connectivity index (χ1n) is 5.88. The monoisotopic (exact) mass is 311 g/mol. The zero-order valence-electron chi connectivity index (χ0n) is 11.1. The topological polar surface area (TPSA) is 97.6 Å². The minimum Gasteiger partial charge on any atom is -0.258 e. The first-order valence-corrected chi connectivity index (χ1v) is 5.88. The first-order chi connectivity index (χ1) is 10.2. The van der Waals surface area contributed by atoms with Gasteiger partial charge in [0.15, 0.2) is 0 Å². The first kappa shape index (κ1) is 15.4. The van der Waals surface area contributed by atoms with Crippen molar-refractivity contribution in [3.05, 3.63) is 51.1 Å². The molecule has 0 unspecified atom stereocenters. The summed E-state index contributed by atoms with van der Waals surface area (Å²) in [6, 6.07) is 4.69. The van der Waals surface area contributed by atoms with Gasteiger partial charge in [-0.1, -0.05) is 6.07 Å². The molecular weight excluding hydrogens is 303 g/mol. The van der Waals surface area contributed by atoms with Crippen LogP contribution in [0.15, 0.2) is 18.3 Å². The highest BCUT2D eigenvalue weighted by atomic mass is 19.4. The summed E-state index contributed by atoms with van der Waals surface area (Å²) < 4.78 is 39.3. The van der Waals surface area contributed by atoms with E-state index in [1.165, 1.54) is 25.3 Å². The predicted octanol–water partition coefficient (Wildman–Crippen LogP) is 2.43. The molecule has 7 nitrogen and oxygen atoms in total. The smallest absolute Gasteiger partial charge is 0.258 e. The molecule has 0 spiro atoms. The maximum absolute atomic E-state index is 12.8. The van der Waals surface area contributed by atoms with Crippen LogP contribution in [0.2, 0.25) is 0 Å². The third-order valence-electron chi connectivity index (χ3n) is 2.90. The van der Waals surface area contributed by atoms with E-state index in [1.54, 1.807) is 6.07 Å². The second-order valence-corrected chi connectivity index (χ2v) is 4.36. The Morgan fingerprint density at radius 1 is 1.45 bits per heavy atom. The van der Waals surface area contributed by atoms with Gasteiger partial charge in [0.2, 0.25) is 5.69 Å². The Balaban J connectivity index is 2.43. The van der Waals surface area contributed by atoms with Gasteiger partial charge in [-0.3, -0.25) is 14.8 Å². The average molecular weight is 311 g/mol. The van der Waals surface area contributed by atoms with E-state index in [1.807, 2.05) is 0 Å². The van der Waals surface area contributed by atoms with Crippen LogP contribution in [0, 0.1) is 28.4 Å². The fourth-order valence-electron chi connectivity index (χ4n) is 1.86. The molecule has 0 fully saturated rings. The van der Waals surface area contributed by atoms with Crippen LogP contribution in [0.4, 0.5) is 18.9 Å². The van der Waals surface area contributed by atoms with Crippen molar-refractivity contribution >= 4 is 5.69 Å². The van der Waals surface area contributed by atoms with Crippen molar-refractivity contribution in [1.29, 1.82) is 5.26 Å². The lowest BCUT2D eigenvalue weighted by molar-refractivity contribution is -0.388. The van der Waals surface area contributed by atoms with Gasteiger partial charge in [0, 0.05) is 6.20 Å². The quantitative estimate of drug-likeness (QED) is 0.640. The minimum absolute atomic E-state index is 0.124. The summed E-state index contributed by atoms with van der Waals surface area (Å²) in [5, 5.41) is 22.8. The normalized spacial score (nSPS) is 11.2. The molecule has 2 aromatic rings. The van der Waals surface area contributed by atoms with E-state index >= 15 is 0 Å². The Morgan fingerprint density at radius 3 is 2.55 bits per heavy atom. The Kier molecular flexibility index (Phi) is 3.81. The van der Waals surface area contributed by atoms with Crippen LogP contribution < -0.4 is 0 Å². The van der Waals surface area contributed by atoms with Crippen LogP contribution in [0.25, 0.3) is 0 Å². The van der Waals surface area contributed by atoms with Gasteiger partial charge in [-0.15, -0.1) is 0 Å². The summed E-state index contributed by atoms with van der Waals surface area (Å²) in [7, 11) is 0. The summed E-state index contributed by atoms with van der Waals surface area (Å²) >= 11 is 0. The van der Waals surface area contributed by atoms with Crippen molar-refractivity contribution < 1.29 is 18.1 Å². The van der Waals surface area contributed by atoms with E-state index in [2.05, 4.69) is 10.1 Å². The van der Waals surface area contributed by atoms with Crippen molar-refractivity contribution in [3.63, 3.8) is 0 Å². The zero-order valence-corrected chi connectivity index (χ0v) is 11.1. The second-order valence-electron chi connectivity index (χ2n) is 4.36. The van der Waals surface area contributed by atoms with Crippen molar-refractivity contribution in [2.45, 2.75) is 19.6 Å². The zero-order chi connectivity index (χ0) is 16.5. The fourth-order valence-corrected chi connectivity index (χ4v) is 1.86. The molecule has 2 heterocycles. The lowest BCUT2D eigenvalue weighted by Gasteiger charge is -2.03. The molecule has 2 aromatic heterocycles. The summed E-state index contributed by atoms with van der Waals surface area (Å²) in [6.45, 7) is 1.07. The maximum atomic E-state index is 12.8. The van der Waals surface area contributed by atoms with Crippen molar-refractivity contribution in [1.82, 2.24) is 14.8 Å². The molecule has 0 aromatic carbocycles. The molecule has 2 rings (SSSR count). The highest BCUT2D eigenvalue weighted by Crippen LogP contribution is 2.37. The fraction of sp³-hybridized carbons (Fsp3) is 0.250. The van der Waals surface area contributed by atoms with Crippen LogP contribution >= 0.6 is 0 Å². The number of aromatic nitrogens is 3. The third-order valence-corrected chi connectivity index (χ3v) is 2.90. The van der Waals surface area contributed by atoms with E-state index in [9.17, 15) is 23.3 Å². The Hall–Kier alpha value is -2.96. The third kappa shape index (κ3) is 2.88. The van der Waals surface area contributed by atoms with Gasteiger partial charge in [0.25, 0.3) is 0 Å². The molecule has 0 amide bonds. The molecule has 114 valence electrons. The van der Waals surface area contributed by atoms with Gasteiger partial charge in [0.1, 0.15) is 17.5 Å². The molecular formula is C12H8F3N5O2. The molecule has 0 atom stereocenters. The molecule has 0 aliphatic carbocycles. The van der Waals surface area contributed by atoms with Crippen LogP contribution in [0.3, 0.4) is 0 Å². The standard InChI is InChI=1S/C12H8F3N5O2/c1-7-10(20(21)22)11(12(13,14)15)18-19(7)6-8-2-3-9(4-16)17-5-8/h2-3,5H,6H2,1H3. The van der Waals surface area contributed by atoms with Crippen molar-refractivity contribution in [2.24, 2.45) is 0 Å². The number of rotatable bonds is 3. The molecule has 0 saturated carbocycles. The van der Waals surface area contributed by atoms with Crippen LogP contribution in [0.1, 0.15) is 22.6 Å². The predicted molar refractivity (Wildman–Crippen MR) is 66.7 cm³/mol. The summed E-state index contributed by atoms with van der Waals surface area (Å²) in [5.41, 5.74) is -2.18. The summed E-state index contributed by atoms with van der Waals surface area (Å²) in [5.74, 6) is 0. The number of alkyl halides is 3. The van der Waals surface area contributed by atoms with Crippen LogP contribution in [0.5, 0.6) is 0 Å². The lowest BCUT2D eigenvalue weighted by Crippen LogP contribution is -2.10. The molecule has 0 saturated heterocycles. The highest BCUT2D eigenvalue weighted by Gasteiger charge is 2.44. The molecule has 10 heteroatoms. The van der Waals surface area contributed by atoms with Gasteiger partial charge in [-0.2, -0.15) is 23.5 Å². The van der Waals surface area contributed by atoms with Gasteiger partial charge in [-0.05, 0) is 18.6 Å². The number of hydrogen-bond acceptors (Lipinski definition) is 5. The van der Waals surface area contributed by atoms with E-state index in [-0.39, 0.29) is 17.9 Å². The SMILES string of the molecule is Cc1c([N+](=O)[O-])c(C(F)(F)F)nn1Cc1ccc(C#N)nc1. The minimum atomic E-state index is -4.92. The molecule has 0 aliphatic rings. The second kappa shape index (κ2) is 5.44. The average Bonchev–Trinajstić information content (AvgIpc) is 2.77. The largest absolute Gasteiger partial charge is 0.442 e. The molecule has 0 aliphatic heterocycles. The van der Waals surface area contributed by atoms with E-state index < -0.39 is 22.5 Å². The number of nitriles is 1.